The summed E-state index contributed by atoms with van der Waals surface area (Å²) in [5.41, 5.74) is -0.649. The van der Waals surface area contributed by atoms with Gasteiger partial charge in [0.25, 0.3) is 0 Å². The van der Waals surface area contributed by atoms with Crippen molar-refractivity contribution in [3.05, 3.63) is 58.2 Å². The van der Waals surface area contributed by atoms with Gasteiger partial charge in [-0.05, 0) is 73.2 Å². The van der Waals surface area contributed by atoms with Gasteiger partial charge in [-0.2, -0.15) is 13.2 Å². The summed E-state index contributed by atoms with van der Waals surface area (Å²) in [4.78, 5) is 11.5. The number of aryl methyl sites for hydroxylation is 2. The number of alkyl halides is 3. The highest BCUT2D eigenvalue weighted by molar-refractivity contribution is 5.73. The fourth-order valence-electron chi connectivity index (χ4n) is 2.95. The van der Waals surface area contributed by atoms with Gasteiger partial charge in [-0.1, -0.05) is 6.07 Å². The molecule has 0 aromatic heterocycles. The molecule has 0 fully saturated rings. The molecule has 0 unspecified atom stereocenters. The Labute approximate surface area is 154 Å². The topological polar surface area (TPSA) is 26.3 Å². The molecule has 0 aliphatic carbocycles. The van der Waals surface area contributed by atoms with Crippen molar-refractivity contribution in [1.29, 1.82) is 0 Å². The lowest BCUT2D eigenvalue weighted by molar-refractivity contribution is -0.143. The monoisotopic (exact) mass is 386 g/mol. The van der Waals surface area contributed by atoms with Crippen molar-refractivity contribution in [2.75, 3.05) is 6.61 Å². The summed E-state index contributed by atoms with van der Waals surface area (Å²) in [7, 11) is 0. The second-order valence-electron chi connectivity index (χ2n) is 6.16. The van der Waals surface area contributed by atoms with E-state index in [0.29, 0.717) is 11.6 Å². The van der Waals surface area contributed by atoms with E-state index < -0.39 is 29.3 Å². The summed E-state index contributed by atoms with van der Waals surface area (Å²) in [6, 6.07) is 4.59. The molecule has 0 N–H and O–H groups in total. The smallest absolute Gasteiger partial charge is 0.419 e. The van der Waals surface area contributed by atoms with Gasteiger partial charge < -0.3 is 4.74 Å². The Balaban J connectivity index is 2.61. The molecular weight excluding hydrogens is 367 g/mol. The van der Waals surface area contributed by atoms with E-state index in [-0.39, 0.29) is 41.7 Å². The molecule has 2 aromatic carbocycles. The third-order valence-corrected chi connectivity index (χ3v) is 4.25. The van der Waals surface area contributed by atoms with E-state index in [1.807, 2.05) is 0 Å². The second-order valence-corrected chi connectivity index (χ2v) is 6.16. The highest BCUT2D eigenvalue weighted by Gasteiger charge is 2.36. The van der Waals surface area contributed by atoms with Gasteiger partial charge >= 0.3 is 12.1 Å². The van der Waals surface area contributed by atoms with Crippen LogP contribution >= 0.6 is 0 Å². The van der Waals surface area contributed by atoms with E-state index in [4.69, 9.17) is 4.74 Å². The molecule has 0 atom stereocenters. The molecule has 0 saturated heterocycles. The first-order valence-corrected chi connectivity index (χ1v) is 8.37. The van der Waals surface area contributed by atoms with Gasteiger partial charge in [-0.3, -0.25) is 4.79 Å². The standard InChI is InChI=1S/C20H19F5O2/c1-4-27-17(26)8-6-13-9-14(10-15(19(13)22)20(23,24)25)18-11(2)5-7-16(21)12(18)3/h5,7,9-10H,4,6,8H2,1-3H3. The maximum atomic E-state index is 14.4. The summed E-state index contributed by atoms with van der Waals surface area (Å²) in [6.45, 7) is 4.80. The van der Waals surface area contributed by atoms with Crippen LogP contribution in [0.4, 0.5) is 22.0 Å². The van der Waals surface area contributed by atoms with Crippen molar-refractivity contribution in [3.8, 4) is 11.1 Å². The number of hydrogen-bond acceptors (Lipinski definition) is 2. The Hall–Kier alpha value is -2.44. The van der Waals surface area contributed by atoms with E-state index in [1.165, 1.54) is 25.1 Å². The zero-order valence-electron chi connectivity index (χ0n) is 15.1. The fraction of sp³-hybridized carbons (Fsp3) is 0.350. The maximum Gasteiger partial charge on any atom is 0.419 e. The average Bonchev–Trinajstić information content (AvgIpc) is 2.57. The zero-order valence-corrected chi connectivity index (χ0v) is 15.1. The van der Waals surface area contributed by atoms with Crippen molar-refractivity contribution < 1.29 is 31.5 Å². The minimum atomic E-state index is -4.92. The van der Waals surface area contributed by atoms with Gasteiger partial charge in [0.05, 0.1) is 12.2 Å². The molecule has 0 saturated carbocycles. The molecule has 2 aromatic rings. The highest BCUT2D eigenvalue weighted by Crippen LogP contribution is 2.38. The predicted octanol–water partition coefficient (Wildman–Crippen LogP) is 5.76. The molecule has 0 spiro atoms. The van der Waals surface area contributed by atoms with Crippen LogP contribution in [0.5, 0.6) is 0 Å². The molecule has 2 rings (SSSR count). The van der Waals surface area contributed by atoms with Crippen LogP contribution in [0.3, 0.4) is 0 Å². The Kier molecular flexibility index (Phi) is 6.23. The van der Waals surface area contributed by atoms with Crippen molar-refractivity contribution in [3.63, 3.8) is 0 Å². The van der Waals surface area contributed by atoms with Crippen LogP contribution in [-0.4, -0.2) is 12.6 Å². The lowest BCUT2D eigenvalue weighted by atomic mass is 9.91. The van der Waals surface area contributed by atoms with Crippen LogP contribution in [0.1, 0.15) is 35.6 Å². The Morgan fingerprint density at radius 2 is 1.78 bits per heavy atom. The fourth-order valence-corrected chi connectivity index (χ4v) is 2.95. The second kappa shape index (κ2) is 8.06. The predicted molar refractivity (Wildman–Crippen MR) is 91.2 cm³/mol. The van der Waals surface area contributed by atoms with Crippen LogP contribution in [0, 0.1) is 25.5 Å². The van der Waals surface area contributed by atoms with E-state index in [9.17, 15) is 26.7 Å². The lowest BCUT2D eigenvalue weighted by Crippen LogP contribution is -2.12. The van der Waals surface area contributed by atoms with Crippen molar-refractivity contribution >= 4 is 5.97 Å². The minimum Gasteiger partial charge on any atom is -0.466 e. The van der Waals surface area contributed by atoms with Crippen LogP contribution in [0.25, 0.3) is 11.1 Å². The quantitative estimate of drug-likeness (QED) is 0.482. The maximum absolute atomic E-state index is 14.4. The molecule has 146 valence electrons. The van der Waals surface area contributed by atoms with Gasteiger partial charge in [0.1, 0.15) is 11.6 Å². The summed E-state index contributed by atoms with van der Waals surface area (Å²) in [5, 5.41) is 0. The van der Waals surface area contributed by atoms with Crippen molar-refractivity contribution in [1.82, 2.24) is 0 Å². The number of carbonyl (C=O) groups excluding carboxylic acids is 1. The molecule has 0 heterocycles. The number of rotatable bonds is 5. The van der Waals surface area contributed by atoms with Crippen LogP contribution in [0.2, 0.25) is 0 Å². The first-order chi connectivity index (χ1) is 12.6. The average molecular weight is 386 g/mol. The van der Waals surface area contributed by atoms with Gasteiger partial charge in [-0.15, -0.1) is 0 Å². The number of carbonyl (C=O) groups is 1. The van der Waals surface area contributed by atoms with Crippen LogP contribution < -0.4 is 0 Å². The zero-order chi connectivity index (χ0) is 20.4. The Morgan fingerprint density at radius 1 is 1.11 bits per heavy atom. The molecule has 7 heteroatoms. The number of benzene rings is 2. The molecule has 2 nitrogen and oxygen atoms in total. The normalized spacial score (nSPS) is 11.6. The summed E-state index contributed by atoms with van der Waals surface area (Å²) < 4.78 is 73.1. The number of halogens is 5. The Morgan fingerprint density at radius 3 is 2.37 bits per heavy atom. The molecule has 0 amide bonds. The first-order valence-electron chi connectivity index (χ1n) is 8.37. The van der Waals surface area contributed by atoms with Gasteiger partial charge in [0, 0.05) is 6.42 Å². The first kappa shape index (κ1) is 20.9. The number of esters is 1. The number of hydrogen-bond donors (Lipinski definition) is 0. The van der Waals surface area contributed by atoms with Gasteiger partial charge in [0.2, 0.25) is 0 Å². The number of ether oxygens (including phenoxy) is 1. The van der Waals surface area contributed by atoms with Crippen molar-refractivity contribution in [2.45, 2.75) is 39.8 Å². The SMILES string of the molecule is CCOC(=O)CCc1cc(-c2c(C)ccc(F)c2C)cc(C(F)(F)F)c1F. The van der Waals surface area contributed by atoms with Crippen LogP contribution in [-0.2, 0) is 22.1 Å². The van der Waals surface area contributed by atoms with E-state index >= 15 is 0 Å². The lowest BCUT2D eigenvalue weighted by Gasteiger charge is -2.17. The van der Waals surface area contributed by atoms with E-state index in [2.05, 4.69) is 0 Å². The Bertz CT molecular complexity index is 856. The summed E-state index contributed by atoms with van der Waals surface area (Å²) in [5.74, 6) is -2.63. The van der Waals surface area contributed by atoms with Gasteiger partial charge in [-0.25, -0.2) is 8.78 Å². The molecular formula is C20H19F5O2. The van der Waals surface area contributed by atoms with Crippen LogP contribution in [0.15, 0.2) is 24.3 Å². The van der Waals surface area contributed by atoms with E-state index in [0.717, 1.165) is 0 Å². The largest absolute Gasteiger partial charge is 0.466 e. The molecule has 27 heavy (non-hydrogen) atoms. The van der Waals surface area contributed by atoms with Crippen molar-refractivity contribution in [2.24, 2.45) is 0 Å². The molecule has 0 bridgehead atoms. The summed E-state index contributed by atoms with van der Waals surface area (Å²) >= 11 is 0. The molecule has 0 radical (unpaired) electrons. The highest BCUT2D eigenvalue weighted by atomic mass is 19.4. The summed E-state index contributed by atoms with van der Waals surface area (Å²) in [6.07, 6.45) is -5.43. The molecule has 0 aliphatic rings. The third kappa shape index (κ3) is 4.64. The third-order valence-electron chi connectivity index (χ3n) is 4.25. The minimum absolute atomic E-state index is 0.0529. The van der Waals surface area contributed by atoms with E-state index in [1.54, 1.807) is 13.8 Å². The van der Waals surface area contributed by atoms with Gasteiger partial charge in [0.15, 0.2) is 0 Å². The molecule has 0 aliphatic heterocycles.